The molecule has 1 aromatic carbocycles. The van der Waals surface area contributed by atoms with Crippen molar-refractivity contribution < 1.29 is 9.18 Å². The Labute approximate surface area is 157 Å². The van der Waals surface area contributed by atoms with Crippen molar-refractivity contribution in [1.29, 1.82) is 0 Å². The number of carbonyl (C=O) groups excluding carboxylic acids is 1. The van der Waals surface area contributed by atoms with Crippen LogP contribution in [0.15, 0.2) is 24.3 Å². The number of hydrogen-bond acceptors (Lipinski definition) is 5. The molecule has 2 heterocycles. The zero-order valence-electron chi connectivity index (χ0n) is 15.4. The number of hydrogen-bond donors (Lipinski definition) is 1. The molecule has 2 aromatic rings. The van der Waals surface area contributed by atoms with Crippen molar-refractivity contribution in [3.63, 3.8) is 0 Å². The van der Waals surface area contributed by atoms with E-state index >= 15 is 0 Å². The topological polar surface area (TPSA) is 58.1 Å². The van der Waals surface area contributed by atoms with Crippen LogP contribution in [0.3, 0.4) is 0 Å². The van der Waals surface area contributed by atoms with Crippen molar-refractivity contribution in [2.75, 3.05) is 11.4 Å². The molecule has 1 saturated heterocycles. The van der Waals surface area contributed by atoms with Crippen LogP contribution in [0.1, 0.15) is 45.0 Å². The SMILES string of the molecule is CC(C)[C@@H](C)NC(=O)[C@@H]1CCCN1c1nc(Cc2ccc(F)cc2)ns1. The first-order valence-electron chi connectivity index (χ1n) is 9.08. The third kappa shape index (κ3) is 4.38. The molecule has 0 bridgehead atoms. The van der Waals surface area contributed by atoms with Crippen LogP contribution in [-0.4, -0.2) is 33.9 Å². The van der Waals surface area contributed by atoms with Crippen LogP contribution in [0.2, 0.25) is 0 Å². The van der Waals surface area contributed by atoms with E-state index in [9.17, 15) is 9.18 Å². The summed E-state index contributed by atoms with van der Waals surface area (Å²) in [5.41, 5.74) is 0.970. The molecular weight excluding hydrogens is 351 g/mol. The first kappa shape index (κ1) is 18.8. The third-order valence-electron chi connectivity index (χ3n) is 4.90. The molecule has 5 nitrogen and oxygen atoms in total. The van der Waals surface area contributed by atoms with Gasteiger partial charge in [0.1, 0.15) is 17.7 Å². The first-order chi connectivity index (χ1) is 12.4. The number of nitrogens with one attached hydrogen (secondary N) is 1. The minimum Gasteiger partial charge on any atom is -0.352 e. The number of benzene rings is 1. The number of aromatic nitrogens is 2. The molecule has 1 N–H and O–H groups in total. The molecule has 0 aliphatic carbocycles. The van der Waals surface area contributed by atoms with E-state index in [4.69, 9.17) is 0 Å². The van der Waals surface area contributed by atoms with Gasteiger partial charge in [-0.15, -0.1) is 0 Å². The molecule has 1 fully saturated rings. The van der Waals surface area contributed by atoms with E-state index in [-0.39, 0.29) is 23.8 Å². The summed E-state index contributed by atoms with van der Waals surface area (Å²) in [6.07, 6.45) is 2.37. The monoisotopic (exact) mass is 376 g/mol. The minimum absolute atomic E-state index is 0.0685. The molecule has 26 heavy (non-hydrogen) atoms. The molecule has 140 valence electrons. The standard InChI is InChI=1S/C19H25FN4OS/c1-12(2)13(3)21-18(25)16-5-4-10-24(16)19-22-17(23-26-19)11-14-6-8-15(20)9-7-14/h6-9,12-13,16H,4-5,10-11H2,1-3H3,(H,21,25)/t13-,16+/m1/s1. The predicted octanol–water partition coefficient (Wildman–Crippen LogP) is 3.40. The Morgan fingerprint density at radius 3 is 2.77 bits per heavy atom. The molecule has 1 aromatic heterocycles. The molecule has 1 aliphatic rings. The van der Waals surface area contributed by atoms with E-state index in [2.05, 4.69) is 33.4 Å². The number of carbonyl (C=O) groups is 1. The van der Waals surface area contributed by atoms with Crippen LogP contribution in [0, 0.1) is 11.7 Å². The quantitative estimate of drug-likeness (QED) is 0.839. The van der Waals surface area contributed by atoms with Crippen molar-refractivity contribution in [1.82, 2.24) is 14.7 Å². The van der Waals surface area contributed by atoms with E-state index in [1.807, 2.05) is 6.92 Å². The normalized spacial score (nSPS) is 18.3. The van der Waals surface area contributed by atoms with Gasteiger partial charge in [-0.05, 0) is 43.4 Å². The summed E-state index contributed by atoms with van der Waals surface area (Å²) < 4.78 is 17.4. The molecule has 0 radical (unpaired) electrons. The van der Waals surface area contributed by atoms with Gasteiger partial charge in [-0.1, -0.05) is 26.0 Å². The maximum absolute atomic E-state index is 13.0. The summed E-state index contributed by atoms with van der Waals surface area (Å²) in [5.74, 6) is 0.928. The molecule has 1 amide bonds. The number of rotatable bonds is 6. The fourth-order valence-corrected chi connectivity index (χ4v) is 3.74. The van der Waals surface area contributed by atoms with Crippen LogP contribution in [0.5, 0.6) is 0 Å². The van der Waals surface area contributed by atoms with Crippen LogP contribution < -0.4 is 10.2 Å². The second kappa shape index (κ2) is 8.12. The van der Waals surface area contributed by atoms with Crippen molar-refractivity contribution in [3.05, 3.63) is 41.5 Å². The van der Waals surface area contributed by atoms with Gasteiger partial charge in [0.15, 0.2) is 0 Å². The van der Waals surface area contributed by atoms with Crippen molar-refractivity contribution in [3.8, 4) is 0 Å². The summed E-state index contributed by atoms with van der Waals surface area (Å²) in [6, 6.07) is 6.35. The van der Waals surface area contributed by atoms with E-state index in [0.717, 1.165) is 30.1 Å². The van der Waals surface area contributed by atoms with Gasteiger partial charge in [-0.25, -0.2) is 9.37 Å². The largest absolute Gasteiger partial charge is 0.352 e. The van der Waals surface area contributed by atoms with Gasteiger partial charge >= 0.3 is 0 Å². The molecule has 7 heteroatoms. The van der Waals surface area contributed by atoms with Gasteiger partial charge in [0.25, 0.3) is 0 Å². The second-order valence-electron chi connectivity index (χ2n) is 7.19. The molecular formula is C19H25FN4OS. The molecule has 0 unspecified atom stereocenters. The zero-order chi connectivity index (χ0) is 18.7. The van der Waals surface area contributed by atoms with Crippen LogP contribution in [-0.2, 0) is 11.2 Å². The Morgan fingerprint density at radius 1 is 1.35 bits per heavy atom. The zero-order valence-corrected chi connectivity index (χ0v) is 16.2. The molecule has 2 atom stereocenters. The average Bonchev–Trinajstić information content (AvgIpc) is 3.25. The van der Waals surface area contributed by atoms with E-state index in [0.29, 0.717) is 18.2 Å². The summed E-state index contributed by atoms with van der Waals surface area (Å²) in [7, 11) is 0. The Balaban J connectivity index is 1.67. The van der Waals surface area contributed by atoms with Crippen molar-refractivity contribution >= 4 is 22.6 Å². The predicted molar refractivity (Wildman–Crippen MR) is 102 cm³/mol. The maximum Gasteiger partial charge on any atom is 0.243 e. The Hall–Kier alpha value is -2.02. The maximum atomic E-state index is 13.0. The van der Waals surface area contributed by atoms with Crippen LogP contribution in [0.4, 0.5) is 9.52 Å². The van der Waals surface area contributed by atoms with E-state index < -0.39 is 0 Å². The molecule has 0 saturated carbocycles. The van der Waals surface area contributed by atoms with Crippen molar-refractivity contribution in [2.45, 2.75) is 52.1 Å². The van der Waals surface area contributed by atoms with Gasteiger partial charge in [-0.2, -0.15) is 4.37 Å². The van der Waals surface area contributed by atoms with Gasteiger partial charge in [0, 0.05) is 30.5 Å². The number of amides is 1. The highest BCUT2D eigenvalue weighted by atomic mass is 32.1. The lowest BCUT2D eigenvalue weighted by molar-refractivity contribution is -0.123. The summed E-state index contributed by atoms with van der Waals surface area (Å²) in [6.45, 7) is 7.06. The molecule has 3 rings (SSSR count). The first-order valence-corrected chi connectivity index (χ1v) is 9.85. The highest BCUT2D eigenvalue weighted by Crippen LogP contribution is 2.28. The summed E-state index contributed by atoms with van der Waals surface area (Å²) in [5, 5.41) is 3.90. The fourth-order valence-electron chi connectivity index (χ4n) is 2.97. The van der Waals surface area contributed by atoms with Gasteiger partial charge in [0.05, 0.1) is 0 Å². The third-order valence-corrected chi connectivity index (χ3v) is 5.70. The highest BCUT2D eigenvalue weighted by Gasteiger charge is 2.33. The highest BCUT2D eigenvalue weighted by molar-refractivity contribution is 7.09. The average molecular weight is 377 g/mol. The van der Waals surface area contributed by atoms with Gasteiger partial charge < -0.3 is 10.2 Å². The Morgan fingerprint density at radius 2 is 2.08 bits per heavy atom. The molecule has 0 spiro atoms. The smallest absolute Gasteiger partial charge is 0.243 e. The fraction of sp³-hybridized carbons (Fsp3) is 0.526. The van der Waals surface area contributed by atoms with Crippen LogP contribution >= 0.6 is 11.5 Å². The minimum atomic E-state index is -0.248. The molecule has 1 aliphatic heterocycles. The van der Waals surface area contributed by atoms with Crippen LogP contribution in [0.25, 0.3) is 0 Å². The lowest BCUT2D eigenvalue weighted by Gasteiger charge is -2.25. The number of nitrogens with zero attached hydrogens (tertiary/aromatic N) is 3. The van der Waals surface area contributed by atoms with E-state index in [1.165, 1.54) is 23.7 Å². The Bertz CT molecular complexity index is 746. The lowest BCUT2D eigenvalue weighted by Crippen LogP contribution is -2.47. The van der Waals surface area contributed by atoms with Crippen molar-refractivity contribution in [2.24, 2.45) is 5.92 Å². The van der Waals surface area contributed by atoms with Gasteiger partial charge in [-0.3, -0.25) is 4.79 Å². The number of halogens is 1. The Kier molecular flexibility index (Phi) is 5.86. The summed E-state index contributed by atoms with van der Waals surface area (Å²) in [4.78, 5) is 19.3. The lowest BCUT2D eigenvalue weighted by atomic mass is 10.1. The van der Waals surface area contributed by atoms with E-state index in [1.54, 1.807) is 12.1 Å². The summed E-state index contributed by atoms with van der Waals surface area (Å²) >= 11 is 1.33. The van der Waals surface area contributed by atoms with Gasteiger partial charge in [0.2, 0.25) is 11.0 Å². The number of anilines is 1. The second-order valence-corrected chi connectivity index (χ2v) is 7.92.